The average molecular weight is 636 g/mol. The van der Waals surface area contributed by atoms with E-state index in [4.69, 9.17) is 51.9 Å². The van der Waals surface area contributed by atoms with Crippen molar-refractivity contribution in [1.29, 1.82) is 5.41 Å². The van der Waals surface area contributed by atoms with Crippen LogP contribution in [0.2, 0.25) is 5.02 Å². The minimum atomic E-state index is -0.667. The first kappa shape index (κ1) is 30.1. The van der Waals surface area contributed by atoms with Crippen molar-refractivity contribution in [2.24, 2.45) is 0 Å². The number of pyridine rings is 1. The van der Waals surface area contributed by atoms with Crippen LogP contribution in [0.15, 0.2) is 18.2 Å². The van der Waals surface area contributed by atoms with E-state index in [2.05, 4.69) is 23.3 Å². The largest absolute Gasteiger partial charge is 0.480 e. The van der Waals surface area contributed by atoms with Crippen LogP contribution in [0, 0.1) is 11.2 Å². The number of fused-ring (bicyclic) bond motifs is 2. The quantitative estimate of drug-likeness (QED) is 0.181. The lowest BCUT2D eigenvalue weighted by Crippen LogP contribution is -2.43. The summed E-state index contributed by atoms with van der Waals surface area (Å²) in [6.45, 7) is 10.2. The Kier molecular flexibility index (Phi) is 7.82. The number of nitrogen functional groups attached to an aromatic ring is 1. The number of nitrogens with one attached hydrogen (secondary N) is 1. The van der Waals surface area contributed by atoms with Crippen molar-refractivity contribution in [3.63, 3.8) is 0 Å². The van der Waals surface area contributed by atoms with Crippen molar-refractivity contribution in [3.8, 4) is 23.1 Å². The lowest BCUT2D eigenvalue weighted by molar-refractivity contribution is 0.108. The molecule has 5 heterocycles. The van der Waals surface area contributed by atoms with Crippen LogP contribution in [0.1, 0.15) is 62.5 Å². The normalized spacial score (nSPS) is 23.8. The summed E-state index contributed by atoms with van der Waals surface area (Å²) in [5.74, 6) is 0.116. The second-order valence-corrected chi connectivity index (χ2v) is 13.2. The Hall–Kier alpha value is -3.54. The molecule has 45 heavy (non-hydrogen) atoms. The first-order valence-corrected chi connectivity index (χ1v) is 16.1. The molecule has 1 aromatic carbocycles. The maximum absolute atomic E-state index is 17.1. The third kappa shape index (κ3) is 5.18. The predicted molar refractivity (Wildman–Crippen MR) is 174 cm³/mol. The number of anilines is 2. The number of hydrogen-bond acceptors (Lipinski definition) is 10. The minimum Gasteiger partial charge on any atom is -0.480 e. The Labute approximate surface area is 267 Å². The number of hydrogen-bond donors (Lipinski definition) is 2. The first-order valence-electron chi connectivity index (χ1n) is 15.7. The zero-order valence-corrected chi connectivity index (χ0v) is 26.6. The summed E-state index contributed by atoms with van der Waals surface area (Å²) in [6.07, 6.45) is 6.66. The highest BCUT2D eigenvalue weighted by molar-refractivity contribution is 6.32. The molecule has 238 valence electrons. The van der Waals surface area contributed by atoms with E-state index in [1.807, 2.05) is 0 Å². The van der Waals surface area contributed by atoms with Gasteiger partial charge in [0.05, 0.1) is 19.3 Å². The van der Waals surface area contributed by atoms with Gasteiger partial charge in [-0.3, -0.25) is 4.90 Å². The highest BCUT2D eigenvalue weighted by atomic mass is 35.5. The van der Waals surface area contributed by atoms with Gasteiger partial charge in [-0.15, -0.1) is 0 Å². The van der Waals surface area contributed by atoms with E-state index in [-0.39, 0.29) is 46.3 Å². The lowest BCUT2D eigenvalue weighted by Gasteiger charge is -2.32. The fraction of sp³-hybridized carbons (Fsp3) is 0.515. The van der Waals surface area contributed by atoms with Crippen LogP contribution in [0.3, 0.4) is 0 Å². The third-order valence-corrected chi connectivity index (χ3v) is 10.1. The molecule has 1 saturated carbocycles. The number of halogens is 2. The summed E-state index contributed by atoms with van der Waals surface area (Å²) in [6, 6.07) is 1.77. The molecule has 7 rings (SSSR count). The van der Waals surface area contributed by atoms with Gasteiger partial charge in [-0.25, -0.2) is 9.37 Å². The lowest BCUT2D eigenvalue weighted by atomic mass is 9.93. The molecule has 3 aliphatic heterocycles. The molecule has 2 unspecified atom stereocenters. The second kappa shape index (κ2) is 11.7. The van der Waals surface area contributed by atoms with E-state index in [9.17, 15) is 0 Å². The van der Waals surface area contributed by atoms with Crippen molar-refractivity contribution >= 4 is 40.2 Å². The minimum absolute atomic E-state index is 0.00977. The highest BCUT2D eigenvalue weighted by Gasteiger charge is 2.46. The zero-order chi connectivity index (χ0) is 31.5. The van der Waals surface area contributed by atoms with E-state index < -0.39 is 5.82 Å². The van der Waals surface area contributed by atoms with Gasteiger partial charge in [0.15, 0.2) is 5.82 Å². The van der Waals surface area contributed by atoms with E-state index >= 15 is 4.39 Å². The molecule has 2 aromatic heterocycles. The van der Waals surface area contributed by atoms with Gasteiger partial charge < -0.3 is 30.3 Å². The van der Waals surface area contributed by atoms with Crippen molar-refractivity contribution in [3.05, 3.63) is 40.2 Å². The van der Waals surface area contributed by atoms with Crippen LogP contribution in [0.4, 0.5) is 15.9 Å². The number of rotatable bonds is 8. The van der Waals surface area contributed by atoms with Crippen LogP contribution >= 0.6 is 11.6 Å². The van der Waals surface area contributed by atoms with Gasteiger partial charge >= 0.3 is 6.01 Å². The molecule has 3 aromatic rings. The summed E-state index contributed by atoms with van der Waals surface area (Å²) < 4.78 is 35.2. The number of aromatic nitrogens is 3. The molecule has 2 atom stereocenters. The maximum Gasteiger partial charge on any atom is 0.319 e. The summed E-state index contributed by atoms with van der Waals surface area (Å²) in [7, 11) is 1.50. The predicted octanol–water partition coefficient (Wildman–Crippen LogP) is 5.74. The Bertz CT molecular complexity index is 1700. The monoisotopic (exact) mass is 635 g/mol. The smallest absolute Gasteiger partial charge is 0.319 e. The Morgan fingerprint density at radius 3 is 2.82 bits per heavy atom. The molecule has 4 fully saturated rings. The summed E-state index contributed by atoms with van der Waals surface area (Å²) in [4.78, 5) is 18.9. The van der Waals surface area contributed by atoms with Crippen LogP contribution in [-0.2, 0) is 4.74 Å². The third-order valence-electron chi connectivity index (χ3n) is 9.83. The molecule has 0 amide bonds. The molecule has 10 nitrogen and oxygen atoms in total. The number of benzene rings is 1. The first-order chi connectivity index (χ1) is 21.7. The number of ether oxygens (including phenoxy) is 3. The van der Waals surface area contributed by atoms with Crippen molar-refractivity contribution in [1.82, 2.24) is 19.9 Å². The Morgan fingerprint density at radius 1 is 1.24 bits per heavy atom. The van der Waals surface area contributed by atoms with Gasteiger partial charge in [0.1, 0.15) is 29.0 Å². The van der Waals surface area contributed by atoms with Gasteiger partial charge in [0.25, 0.3) is 0 Å². The zero-order valence-electron chi connectivity index (χ0n) is 25.8. The van der Waals surface area contributed by atoms with E-state index in [1.165, 1.54) is 12.7 Å². The summed E-state index contributed by atoms with van der Waals surface area (Å²) in [5.41, 5.74) is 9.16. The van der Waals surface area contributed by atoms with Crippen molar-refractivity contribution < 1.29 is 18.6 Å². The number of nitrogens with two attached hydrogens (primary N) is 1. The average Bonchev–Trinajstić information content (AvgIpc) is 3.75. The van der Waals surface area contributed by atoms with Gasteiger partial charge in [-0.2, -0.15) is 9.97 Å². The molecule has 12 heteroatoms. The second-order valence-electron chi connectivity index (χ2n) is 12.8. The fourth-order valence-corrected chi connectivity index (χ4v) is 7.79. The van der Waals surface area contributed by atoms with Gasteiger partial charge in [-0.05, 0) is 69.5 Å². The maximum atomic E-state index is 17.1. The molecule has 1 aliphatic carbocycles. The van der Waals surface area contributed by atoms with Crippen molar-refractivity contribution in [2.45, 2.75) is 62.9 Å². The molecule has 0 spiro atoms. The molecular weight excluding hydrogens is 597 g/mol. The summed E-state index contributed by atoms with van der Waals surface area (Å²) in [5, 5.41) is 8.97. The number of methoxy groups -OCH3 is 1. The molecular formula is C33H39ClFN7O3. The molecule has 0 bridgehead atoms. The topological polar surface area (TPSA) is 123 Å². The van der Waals surface area contributed by atoms with E-state index in [0.717, 1.165) is 63.4 Å². The van der Waals surface area contributed by atoms with E-state index in [0.29, 0.717) is 53.7 Å². The van der Waals surface area contributed by atoms with Crippen LogP contribution < -0.4 is 20.1 Å². The standard InChI is InChI=1S/C33H39ClFN7O3/c1-18-14-33(8-4-9-41(33)16-18)17-45-32-39-29-26(30(40-32)42-10-12-44-11-7-19(42)2)31(43-3)38-28(27(29)35)25-21(15-36)23(37)13-22(34)24(25)20-5-6-20/h13,15,19-20,36H,1,4-12,14,16-17,37H2,2-3H3. The molecule has 0 radical (unpaired) electrons. The SMILES string of the molecule is C=C1CN2CCCC2(COc2nc(N3CCOCCC3C)c3c(OC)nc(-c4c(C=N)c(N)cc(Cl)c4C4CC4)c(F)c3n2)C1. The molecule has 3 N–H and O–H groups in total. The van der Waals surface area contributed by atoms with Crippen LogP contribution in [-0.4, -0.2) is 84.2 Å². The van der Waals surface area contributed by atoms with Gasteiger partial charge in [0, 0.05) is 53.8 Å². The van der Waals surface area contributed by atoms with Crippen LogP contribution in [0.5, 0.6) is 11.9 Å². The van der Waals surface area contributed by atoms with E-state index in [1.54, 1.807) is 6.07 Å². The Balaban J connectivity index is 1.44. The van der Waals surface area contributed by atoms with Crippen LogP contribution in [0.25, 0.3) is 22.2 Å². The summed E-state index contributed by atoms with van der Waals surface area (Å²) >= 11 is 6.72. The van der Waals surface area contributed by atoms with Gasteiger partial charge in [0.2, 0.25) is 5.88 Å². The van der Waals surface area contributed by atoms with Gasteiger partial charge in [-0.1, -0.05) is 23.8 Å². The molecule has 3 saturated heterocycles. The number of nitrogens with zero attached hydrogens (tertiary/aromatic N) is 5. The highest BCUT2D eigenvalue weighted by Crippen LogP contribution is 2.51. The molecule has 4 aliphatic rings. The Morgan fingerprint density at radius 2 is 2.07 bits per heavy atom. The van der Waals surface area contributed by atoms with Crippen molar-refractivity contribution in [2.75, 3.05) is 57.2 Å². The fourth-order valence-electron chi connectivity index (χ4n) is 7.43.